The lowest BCUT2D eigenvalue weighted by Crippen LogP contribution is -2.42. The second kappa shape index (κ2) is 11.2. The first-order chi connectivity index (χ1) is 12.6. The number of hydrogen-bond acceptors (Lipinski definition) is 4. The molecule has 1 amide bonds. The summed E-state index contributed by atoms with van der Waals surface area (Å²) in [5.41, 5.74) is 0.0616. The largest absolute Gasteiger partial charge is 0.444 e. The molecule has 0 fully saturated rings. The molecule has 9 heteroatoms. The van der Waals surface area contributed by atoms with Gasteiger partial charge < -0.3 is 25.8 Å². The number of nitrogens with zero attached hydrogens (tertiary/aromatic N) is 1. The average molecular weight is 419 g/mol. The van der Waals surface area contributed by atoms with Crippen LogP contribution >= 0.6 is 23.2 Å². The van der Waals surface area contributed by atoms with Gasteiger partial charge in [0.2, 0.25) is 0 Å². The van der Waals surface area contributed by atoms with Crippen molar-refractivity contribution in [2.24, 2.45) is 4.99 Å². The smallest absolute Gasteiger partial charge is 0.407 e. The maximum Gasteiger partial charge on any atom is 0.407 e. The van der Waals surface area contributed by atoms with Gasteiger partial charge in [-0.2, -0.15) is 0 Å². The molecule has 1 rings (SSSR count). The van der Waals surface area contributed by atoms with Crippen molar-refractivity contribution in [3.05, 3.63) is 33.8 Å². The number of carbonyl (C=O) groups is 1. The highest BCUT2D eigenvalue weighted by molar-refractivity contribution is 6.34. The summed E-state index contributed by atoms with van der Waals surface area (Å²) >= 11 is 11.9. The van der Waals surface area contributed by atoms with Gasteiger partial charge in [0.05, 0.1) is 12.6 Å². The molecule has 1 aromatic rings. The fourth-order valence-corrected chi connectivity index (χ4v) is 2.60. The topological polar surface area (TPSA) is 95.0 Å². The van der Waals surface area contributed by atoms with E-state index in [-0.39, 0.29) is 6.54 Å². The second-order valence-electron chi connectivity index (χ2n) is 6.79. The van der Waals surface area contributed by atoms with Gasteiger partial charge in [0.15, 0.2) is 5.96 Å². The molecule has 0 aliphatic carbocycles. The SMILES string of the molecule is CCNC(=NCC(O)c1cc(Cl)cc(Cl)c1)NCCNC(=O)OC(C)(C)C. The highest BCUT2D eigenvalue weighted by Gasteiger charge is 2.15. The summed E-state index contributed by atoms with van der Waals surface area (Å²) in [6, 6.07) is 4.91. The van der Waals surface area contributed by atoms with Crippen molar-refractivity contribution in [1.82, 2.24) is 16.0 Å². The molecule has 0 aliphatic heterocycles. The number of alkyl carbamates (subject to hydrolysis) is 1. The molecule has 0 saturated heterocycles. The van der Waals surface area contributed by atoms with Gasteiger partial charge >= 0.3 is 6.09 Å². The van der Waals surface area contributed by atoms with Crippen LogP contribution in [-0.2, 0) is 4.74 Å². The molecule has 1 atom stereocenters. The van der Waals surface area contributed by atoms with Gasteiger partial charge in [-0.15, -0.1) is 0 Å². The molecular weight excluding hydrogens is 391 g/mol. The molecule has 1 unspecified atom stereocenters. The van der Waals surface area contributed by atoms with Crippen LogP contribution in [0.15, 0.2) is 23.2 Å². The Morgan fingerprint density at radius 1 is 1.15 bits per heavy atom. The Morgan fingerprint density at radius 3 is 2.30 bits per heavy atom. The van der Waals surface area contributed by atoms with Crippen molar-refractivity contribution >= 4 is 35.3 Å². The van der Waals surface area contributed by atoms with Gasteiger partial charge in [-0.05, 0) is 51.5 Å². The van der Waals surface area contributed by atoms with Crippen LogP contribution in [0, 0.1) is 0 Å². The van der Waals surface area contributed by atoms with E-state index in [0.717, 1.165) is 0 Å². The van der Waals surface area contributed by atoms with Crippen LogP contribution in [0.1, 0.15) is 39.4 Å². The number of aliphatic hydroxyl groups is 1. The van der Waals surface area contributed by atoms with Crippen molar-refractivity contribution in [1.29, 1.82) is 0 Å². The lowest BCUT2D eigenvalue weighted by atomic mass is 10.1. The van der Waals surface area contributed by atoms with E-state index >= 15 is 0 Å². The third-order valence-electron chi connectivity index (χ3n) is 3.12. The fourth-order valence-electron chi connectivity index (χ4n) is 2.05. The zero-order valence-electron chi connectivity index (χ0n) is 16.1. The zero-order chi connectivity index (χ0) is 20.4. The monoisotopic (exact) mass is 418 g/mol. The fraction of sp³-hybridized carbons (Fsp3) is 0.556. The number of halogens is 2. The quantitative estimate of drug-likeness (QED) is 0.310. The first kappa shape index (κ1) is 23.3. The molecule has 0 aliphatic rings. The Balaban J connectivity index is 2.51. The number of rotatable bonds is 7. The molecule has 0 saturated carbocycles. The van der Waals surface area contributed by atoms with E-state index in [4.69, 9.17) is 27.9 Å². The van der Waals surface area contributed by atoms with Gasteiger partial charge in [-0.25, -0.2) is 4.79 Å². The van der Waals surface area contributed by atoms with E-state index in [0.29, 0.717) is 41.2 Å². The molecule has 4 N–H and O–H groups in total. The highest BCUT2D eigenvalue weighted by atomic mass is 35.5. The predicted octanol–water partition coefficient (Wildman–Crippen LogP) is 3.11. The number of carbonyl (C=O) groups excluding carboxylic acids is 1. The molecule has 27 heavy (non-hydrogen) atoms. The summed E-state index contributed by atoms with van der Waals surface area (Å²) in [5, 5.41) is 20.0. The number of guanidine groups is 1. The molecule has 0 heterocycles. The first-order valence-electron chi connectivity index (χ1n) is 8.74. The van der Waals surface area contributed by atoms with Gasteiger partial charge in [0.1, 0.15) is 5.60 Å². The molecule has 0 bridgehead atoms. The Bertz CT molecular complexity index is 628. The average Bonchev–Trinajstić information content (AvgIpc) is 2.53. The number of benzene rings is 1. The Labute approximate surface area is 170 Å². The first-order valence-corrected chi connectivity index (χ1v) is 9.49. The van der Waals surface area contributed by atoms with Crippen LogP contribution < -0.4 is 16.0 Å². The molecule has 0 radical (unpaired) electrons. The predicted molar refractivity (Wildman–Crippen MR) is 110 cm³/mol. The number of ether oxygens (including phenoxy) is 1. The van der Waals surface area contributed by atoms with Crippen LogP contribution in [0.5, 0.6) is 0 Å². The van der Waals surface area contributed by atoms with Crippen molar-refractivity contribution in [3.8, 4) is 0 Å². The number of aliphatic hydroxyl groups excluding tert-OH is 1. The Kier molecular flexibility index (Phi) is 9.69. The second-order valence-corrected chi connectivity index (χ2v) is 7.67. The molecule has 1 aromatic carbocycles. The van der Waals surface area contributed by atoms with E-state index in [2.05, 4.69) is 20.9 Å². The lowest BCUT2D eigenvalue weighted by molar-refractivity contribution is 0.0529. The Morgan fingerprint density at radius 2 is 1.74 bits per heavy atom. The third kappa shape index (κ3) is 10.3. The van der Waals surface area contributed by atoms with Crippen molar-refractivity contribution in [3.63, 3.8) is 0 Å². The van der Waals surface area contributed by atoms with E-state index in [1.54, 1.807) is 39.0 Å². The van der Waals surface area contributed by atoms with Crippen molar-refractivity contribution in [2.75, 3.05) is 26.2 Å². The van der Waals surface area contributed by atoms with Crippen LogP contribution in [0.25, 0.3) is 0 Å². The summed E-state index contributed by atoms with van der Waals surface area (Å²) in [6.07, 6.45) is -1.31. The number of hydrogen-bond donors (Lipinski definition) is 4. The zero-order valence-corrected chi connectivity index (χ0v) is 17.6. The van der Waals surface area contributed by atoms with Crippen LogP contribution in [0.3, 0.4) is 0 Å². The van der Waals surface area contributed by atoms with Crippen LogP contribution in [0.2, 0.25) is 10.0 Å². The maximum atomic E-state index is 11.6. The molecule has 7 nitrogen and oxygen atoms in total. The van der Waals surface area contributed by atoms with Crippen LogP contribution in [0.4, 0.5) is 4.79 Å². The standard InChI is InChI=1S/C18H28Cl2N4O3/c1-5-21-16(22-6-7-23-17(26)27-18(2,3)4)24-11-15(25)12-8-13(19)10-14(20)9-12/h8-10,15,25H,5-7,11H2,1-4H3,(H,23,26)(H2,21,22,24). The molecular formula is C18H28Cl2N4O3. The minimum atomic E-state index is -0.837. The van der Waals surface area contributed by atoms with Gasteiger partial charge in [0.25, 0.3) is 0 Å². The van der Waals surface area contributed by atoms with E-state index in [1.807, 2.05) is 6.92 Å². The van der Waals surface area contributed by atoms with E-state index in [9.17, 15) is 9.90 Å². The molecule has 152 valence electrons. The number of amides is 1. The van der Waals surface area contributed by atoms with Crippen molar-refractivity contribution < 1.29 is 14.6 Å². The lowest BCUT2D eigenvalue weighted by Gasteiger charge is -2.20. The molecule has 0 aromatic heterocycles. The summed E-state index contributed by atoms with van der Waals surface area (Å²) in [6.45, 7) is 8.95. The van der Waals surface area contributed by atoms with E-state index < -0.39 is 17.8 Å². The minimum absolute atomic E-state index is 0.130. The van der Waals surface area contributed by atoms with Gasteiger partial charge in [0, 0.05) is 29.7 Å². The van der Waals surface area contributed by atoms with Gasteiger partial charge in [-0.1, -0.05) is 23.2 Å². The highest BCUT2D eigenvalue weighted by Crippen LogP contribution is 2.23. The number of aliphatic imine (C=N–C) groups is 1. The Hall–Kier alpha value is -1.70. The van der Waals surface area contributed by atoms with Crippen LogP contribution in [-0.4, -0.2) is 48.9 Å². The summed E-state index contributed by atoms with van der Waals surface area (Å²) in [7, 11) is 0. The summed E-state index contributed by atoms with van der Waals surface area (Å²) in [5.74, 6) is 0.524. The van der Waals surface area contributed by atoms with Gasteiger partial charge in [-0.3, -0.25) is 4.99 Å². The molecule has 0 spiro atoms. The summed E-state index contributed by atoms with van der Waals surface area (Å²) in [4.78, 5) is 15.9. The number of nitrogens with one attached hydrogen (secondary N) is 3. The van der Waals surface area contributed by atoms with Crippen molar-refractivity contribution in [2.45, 2.75) is 39.4 Å². The van der Waals surface area contributed by atoms with E-state index in [1.165, 1.54) is 0 Å². The normalized spacial score (nSPS) is 13.1. The third-order valence-corrected chi connectivity index (χ3v) is 3.56. The maximum absolute atomic E-state index is 11.6. The minimum Gasteiger partial charge on any atom is -0.444 e. The summed E-state index contributed by atoms with van der Waals surface area (Å²) < 4.78 is 5.16.